The van der Waals surface area contributed by atoms with Crippen molar-refractivity contribution in [3.05, 3.63) is 41.5 Å². The van der Waals surface area contributed by atoms with Crippen LogP contribution in [0.4, 0.5) is 0 Å². The SMILES string of the molecule is CC12Cc3cnn(-c4ccnnc4)c3C=C1CCC1C3CCC(OC(=O)C4CC4)(C(=O)O)C3(C)CC(O)P12. The maximum atomic E-state index is 12.8. The average Bonchev–Trinajstić information content (AvgIpc) is 3.60. The first-order chi connectivity index (χ1) is 18.2. The molecule has 0 radical (unpaired) electrons. The standard InChI is InChI=1S/C28H33N4O5P/c1-26-13-23(33)38-22(20(26)7-9-28(26,25(35)36)37-24(34)16-3-4-16)6-5-18-11-21-17(12-27(18,38)2)14-31-32(21)19-8-10-29-30-15-19/h8,10-11,14-16,20,22-23,33H,3-7,9,12-13H2,1-2H3,(H,35,36). The van der Waals surface area contributed by atoms with E-state index in [4.69, 9.17) is 4.74 Å². The number of hydrogen-bond acceptors (Lipinski definition) is 7. The summed E-state index contributed by atoms with van der Waals surface area (Å²) in [6.07, 6.45) is 13.1. The van der Waals surface area contributed by atoms with E-state index < -0.39 is 30.8 Å². The first-order valence-electron chi connectivity index (χ1n) is 13.7. The molecule has 2 saturated carbocycles. The van der Waals surface area contributed by atoms with Crippen LogP contribution in [0.25, 0.3) is 11.8 Å². The Hall–Kier alpha value is -2.64. The van der Waals surface area contributed by atoms with Crippen LogP contribution in [0.2, 0.25) is 0 Å². The van der Waals surface area contributed by atoms with Crippen molar-refractivity contribution in [2.24, 2.45) is 17.3 Å². The highest BCUT2D eigenvalue weighted by Gasteiger charge is 2.71. The fourth-order valence-corrected chi connectivity index (χ4v) is 12.8. The summed E-state index contributed by atoms with van der Waals surface area (Å²) in [4.78, 5) is 25.5. The third-order valence-electron chi connectivity index (χ3n) is 10.3. The Kier molecular flexibility index (Phi) is 5.26. The molecule has 2 saturated heterocycles. The minimum atomic E-state index is -1.56. The van der Waals surface area contributed by atoms with E-state index in [0.717, 1.165) is 49.0 Å². The van der Waals surface area contributed by atoms with Gasteiger partial charge in [-0.15, -0.1) is 0 Å². The van der Waals surface area contributed by atoms with Gasteiger partial charge in [0, 0.05) is 10.6 Å². The number of nitrogens with zero attached hydrogens (tertiary/aromatic N) is 4. The molecule has 4 fully saturated rings. The van der Waals surface area contributed by atoms with E-state index in [2.05, 4.69) is 28.3 Å². The normalized spacial score (nSPS) is 39.3. The third kappa shape index (κ3) is 3.21. The van der Waals surface area contributed by atoms with Crippen molar-refractivity contribution in [1.82, 2.24) is 20.0 Å². The van der Waals surface area contributed by atoms with Gasteiger partial charge in [0.15, 0.2) is 0 Å². The third-order valence-corrected chi connectivity index (χ3v) is 14.1. The van der Waals surface area contributed by atoms with E-state index in [-0.39, 0.29) is 28.6 Å². The zero-order chi connectivity index (χ0) is 26.4. The molecule has 4 heterocycles. The van der Waals surface area contributed by atoms with Crippen molar-refractivity contribution in [2.45, 2.75) is 87.5 Å². The number of fused-ring (bicyclic) bond motifs is 6. The lowest BCUT2D eigenvalue weighted by atomic mass is 9.66. The Labute approximate surface area is 222 Å². The molecule has 38 heavy (non-hydrogen) atoms. The fraction of sp³-hybridized carbons (Fsp3) is 0.607. The molecular formula is C28H33N4O5P. The maximum absolute atomic E-state index is 12.8. The molecular weight excluding hydrogens is 503 g/mol. The number of carboxylic acids is 1. The predicted molar refractivity (Wildman–Crippen MR) is 140 cm³/mol. The number of aromatic nitrogens is 4. The second-order valence-corrected chi connectivity index (χ2v) is 15.3. The van der Waals surface area contributed by atoms with Crippen molar-refractivity contribution in [1.29, 1.82) is 0 Å². The minimum absolute atomic E-state index is 0.102. The highest BCUT2D eigenvalue weighted by atomic mass is 31.1. The zero-order valence-electron chi connectivity index (χ0n) is 21.7. The molecule has 2 aromatic heterocycles. The van der Waals surface area contributed by atoms with E-state index in [1.54, 1.807) is 12.4 Å². The maximum Gasteiger partial charge on any atom is 0.348 e. The monoisotopic (exact) mass is 536 g/mol. The van der Waals surface area contributed by atoms with Crippen LogP contribution in [0.5, 0.6) is 0 Å². The summed E-state index contributed by atoms with van der Waals surface area (Å²) in [6.45, 7) is 4.26. The molecule has 0 aromatic carbocycles. The van der Waals surface area contributed by atoms with Crippen molar-refractivity contribution in [3.63, 3.8) is 0 Å². The number of ether oxygens (including phenoxy) is 1. The van der Waals surface area contributed by atoms with Gasteiger partial charge in [0.2, 0.25) is 5.60 Å². The van der Waals surface area contributed by atoms with Crippen molar-refractivity contribution in [2.75, 3.05) is 0 Å². The van der Waals surface area contributed by atoms with E-state index >= 15 is 0 Å². The number of carboxylic acid groups (broad SMARTS) is 1. The van der Waals surface area contributed by atoms with Crippen molar-refractivity contribution >= 4 is 25.9 Å². The number of esters is 1. The second kappa shape index (κ2) is 8.18. The molecule has 10 heteroatoms. The number of aliphatic hydroxyl groups excluding tert-OH is 1. The van der Waals surface area contributed by atoms with E-state index in [9.17, 15) is 19.8 Å². The van der Waals surface area contributed by atoms with Gasteiger partial charge in [-0.1, -0.05) is 27.3 Å². The quantitative estimate of drug-likeness (QED) is 0.445. The summed E-state index contributed by atoms with van der Waals surface area (Å²) in [5.74, 6) is -2.12. The van der Waals surface area contributed by atoms with Crippen LogP contribution in [0.1, 0.15) is 70.1 Å². The van der Waals surface area contributed by atoms with Crippen molar-refractivity contribution in [3.8, 4) is 5.69 Å². The van der Waals surface area contributed by atoms with Gasteiger partial charge in [0.25, 0.3) is 0 Å². The first-order valence-corrected chi connectivity index (χ1v) is 15.1. The van der Waals surface area contributed by atoms with Crippen molar-refractivity contribution < 1.29 is 24.5 Å². The number of allylic oxidation sites excluding steroid dienone is 1. The van der Waals surface area contributed by atoms with Gasteiger partial charge in [-0.25, -0.2) is 9.48 Å². The lowest BCUT2D eigenvalue weighted by molar-refractivity contribution is -0.197. The highest BCUT2D eigenvalue weighted by molar-refractivity contribution is 7.61. The summed E-state index contributed by atoms with van der Waals surface area (Å²) >= 11 is 0. The minimum Gasteiger partial charge on any atom is -0.478 e. The first kappa shape index (κ1) is 24.4. The molecule has 200 valence electrons. The van der Waals surface area contributed by atoms with E-state index in [1.165, 1.54) is 5.57 Å². The molecule has 0 bridgehead atoms. The highest BCUT2D eigenvalue weighted by Crippen LogP contribution is 2.77. The summed E-state index contributed by atoms with van der Waals surface area (Å²) < 4.78 is 7.85. The Morgan fingerprint density at radius 1 is 1.16 bits per heavy atom. The number of aliphatic hydroxyl groups is 1. The Morgan fingerprint density at radius 3 is 2.68 bits per heavy atom. The largest absolute Gasteiger partial charge is 0.478 e. The zero-order valence-corrected chi connectivity index (χ0v) is 22.6. The van der Waals surface area contributed by atoms with Crippen LogP contribution in [0.3, 0.4) is 0 Å². The van der Waals surface area contributed by atoms with Gasteiger partial charge in [0.05, 0.1) is 41.7 Å². The molecule has 7 unspecified atom stereocenters. The van der Waals surface area contributed by atoms with E-state index in [0.29, 0.717) is 19.3 Å². The Balaban J connectivity index is 1.24. The molecule has 3 aliphatic carbocycles. The molecule has 5 aliphatic rings. The van der Waals surface area contributed by atoms with Crippen LogP contribution in [0, 0.1) is 17.3 Å². The number of aliphatic carboxylic acids is 1. The molecule has 2 aliphatic heterocycles. The Morgan fingerprint density at radius 2 is 1.97 bits per heavy atom. The van der Waals surface area contributed by atoms with Gasteiger partial charge in [0.1, 0.15) is 0 Å². The average molecular weight is 537 g/mol. The molecule has 2 aromatic rings. The number of rotatable bonds is 4. The molecule has 7 atom stereocenters. The van der Waals surface area contributed by atoms with Crippen LogP contribution in [-0.2, 0) is 20.7 Å². The Bertz CT molecular complexity index is 1360. The summed E-state index contributed by atoms with van der Waals surface area (Å²) in [5, 5.41) is 34.7. The molecule has 0 spiro atoms. The molecule has 7 rings (SSSR count). The van der Waals surface area contributed by atoms with Gasteiger partial charge in [-0.3, -0.25) is 4.79 Å². The summed E-state index contributed by atoms with van der Waals surface area (Å²) in [5.41, 5.74) is 2.31. The van der Waals surface area contributed by atoms with Gasteiger partial charge < -0.3 is 14.9 Å². The molecule has 2 N–H and O–H groups in total. The topological polar surface area (TPSA) is 127 Å². The second-order valence-electron chi connectivity index (χ2n) is 12.3. The summed E-state index contributed by atoms with van der Waals surface area (Å²) in [7, 11) is -0.867. The van der Waals surface area contributed by atoms with Gasteiger partial charge in [-0.05, 0) is 80.6 Å². The predicted octanol–water partition coefficient (Wildman–Crippen LogP) is 3.92. The van der Waals surface area contributed by atoms with E-state index in [1.807, 2.05) is 23.9 Å². The lowest BCUT2D eigenvalue weighted by Crippen LogP contribution is -2.60. The smallest absolute Gasteiger partial charge is 0.348 e. The van der Waals surface area contributed by atoms with Crippen LogP contribution >= 0.6 is 7.92 Å². The number of carbonyl (C=O) groups is 2. The van der Waals surface area contributed by atoms with Crippen LogP contribution in [-0.4, -0.2) is 64.4 Å². The molecule has 9 nitrogen and oxygen atoms in total. The molecule has 0 amide bonds. The number of hydrogen-bond donors (Lipinski definition) is 2. The number of carbonyl (C=O) groups excluding carboxylic acids is 1. The summed E-state index contributed by atoms with van der Waals surface area (Å²) in [6, 6.07) is 1.89. The van der Waals surface area contributed by atoms with Gasteiger partial charge in [-0.2, -0.15) is 15.3 Å². The lowest BCUT2D eigenvalue weighted by Gasteiger charge is -2.60. The van der Waals surface area contributed by atoms with Crippen LogP contribution in [0.15, 0.2) is 30.2 Å². The van der Waals surface area contributed by atoms with Crippen LogP contribution < -0.4 is 0 Å². The fourth-order valence-electron chi connectivity index (χ4n) is 8.26. The van der Waals surface area contributed by atoms with Gasteiger partial charge >= 0.3 is 11.9 Å².